The van der Waals surface area contributed by atoms with Gasteiger partial charge in [0.2, 0.25) is 0 Å². The molecule has 0 saturated carbocycles. The molecule has 144 valence electrons. The normalized spacial score (nSPS) is 15.7. The van der Waals surface area contributed by atoms with Gasteiger partial charge in [-0.25, -0.2) is 9.97 Å². The van der Waals surface area contributed by atoms with Gasteiger partial charge < -0.3 is 15.1 Å². The van der Waals surface area contributed by atoms with Crippen molar-refractivity contribution in [2.75, 3.05) is 43.4 Å². The number of aromatic nitrogens is 2. The van der Waals surface area contributed by atoms with Crippen LogP contribution >= 0.6 is 11.6 Å². The van der Waals surface area contributed by atoms with Gasteiger partial charge in [0.1, 0.15) is 11.5 Å². The first-order chi connectivity index (χ1) is 12.7. The minimum absolute atomic E-state index is 0.0726. The van der Waals surface area contributed by atoms with Crippen molar-refractivity contribution in [3.63, 3.8) is 0 Å². The summed E-state index contributed by atoms with van der Waals surface area (Å²) in [6.07, 6.45) is -1.94. The van der Waals surface area contributed by atoms with Crippen molar-refractivity contribution in [3.8, 4) is 0 Å². The Balaban J connectivity index is 1.74. The number of benzene rings is 1. The molecule has 0 unspecified atom stereocenters. The van der Waals surface area contributed by atoms with E-state index in [4.69, 9.17) is 11.6 Å². The molecule has 2 heterocycles. The SMILES string of the molecule is CN1CCN(c2cnc(C(=O)Nc3ccc(Cl)cc3C(F)(F)F)cn2)CC1. The Morgan fingerprint density at radius 3 is 2.44 bits per heavy atom. The summed E-state index contributed by atoms with van der Waals surface area (Å²) in [5.41, 5.74) is -1.48. The highest BCUT2D eigenvalue weighted by molar-refractivity contribution is 6.30. The number of amides is 1. The maximum Gasteiger partial charge on any atom is 0.418 e. The lowest BCUT2D eigenvalue weighted by Gasteiger charge is -2.32. The van der Waals surface area contributed by atoms with E-state index in [0.717, 1.165) is 38.3 Å². The van der Waals surface area contributed by atoms with Crippen molar-refractivity contribution in [1.82, 2.24) is 14.9 Å². The quantitative estimate of drug-likeness (QED) is 0.859. The molecule has 1 aliphatic heterocycles. The van der Waals surface area contributed by atoms with Crippen molar-refractivity contribution in [2.24, 2.45) is 0 Å². The van der Waals surface area contributed by atoms with Crippen LogP contribution in [0.1, 0.15) is 16.1 Å². The average molecular weight is 400 g/mol. The number of alkyl halides is 3. The molecule has 1 aliphatic rings. The fourth-order valence-corrected chi connectivity index (χ4v) is 2.86. The fraction of sp³-hybridized carbons (Fsp3) is 0.353. The highest BCUT2D eigenvalue weighted by Crippen LogP contribution is 2.36. The first-order valence-electron chi connectivity index (χ1n) is 8.17. The molecule has 0 atom stereocenters. The Hall–Kier alpha value is -2.39. The molecule has 1 aromatic heterocycles. The molecule has 3 rings (SSSR count). The number of nitrogens with one attached hydrogen (secondary N) is 1. The number of likely N-dealkylation sites (N-methyl/N-ethyl adjacent to an activating group) is 1. The number of rotatable bonds is 3. The summed E-state index contributed by atoms with van der Waals surface area (Å²) in [7, 11) is 2.03. The molecule has 0 bridgehead atoms. The van der Waals surface area contributed by atoms with E-state index in [1.807, 2.05) is 11.9 Å². The van der Waals surface area contributed by atoms with Crippen LogP contribution in [0.4, 0.5) is 24.7 Å². The third kappa shape index (κ3) is 4.67. The van der Waals surface area contributed by atoms with E-state index in [9.17, 15) is 18.0 Å². The fourth-order valence-electron chi connectivity index (χ4n) is 2.68. The van der Waals surface area contributed by atoms with Crippen molar-refractivity contribution in [2.45, 2.75) is 6.18 Å². The molecule has 1 fully saturated rings. The van der Waals surface area contributed by atoms with Crippen molar-refractivity contribution in [3.05, 3.63) is 46.9 Å². The Morgan fingerprint density at radius 1 is 1.15 bits per heavy atom. The van der Waals surface area contributed by atoms with Crippen LogP contribution in [0.25, 0.3) is 0 Å². The Bertz CT molecular complexity index is 820. The van der Waals surface area contributed by atoms with Gasteiger partial charge in [0.05, 0.1) is 23.6 Å². The van der Waals surface area contributed by atoms with E-state index < -0.39 is 17.6 Å². The lowest BCUT2D eigenvalue weighted by molar-refractivity contribution is -0.136. The van der Waals surface area contributed by atoms with Gasteiger partial charge in [0, 0.05) is 31.2 Å². The Labute approximate surface area is 159 Å². The molecule has 1 amide bonds. The second-order valence-electron chi connectivity index (χ2n) is 6.19. The van der Waals surface area contributed by atoms with Gasteiger partial charge in [0.15, 0.2) is 0 Å². The maximum absolute atomic E-state index is 13.1. The summed E-state index contributed by atoms with van der Waals surface area (Å²) in [6.45, 7) is 3.36. The predicted molar refractivity (Wildman–Crippen MR) is 96.1 cm³/mol. The number of halogens is 4. The molecule has 1 aromatic carbocycles. The molecule has 2 aromatic rings. The summed E-state index contributed by atoms with van der Waals surface area (Å²) in [5.74, 6) is -0.151. The second-order valence-corrected chi connectivity index (χ2v) is 6.63. The lowest BCUT2D eigenvalue weighted by atomic mass is 10.1. The summed E-state index contributed by atoms with van der Waals surface area (Å²) in [6, 6.07) is 3.14. The molecule has 0 aliphatic carbocycles. The second kappa shape index (κ2) is 7.69. The standard InChI is InChI=1S/C17H17ClF3N5O/c1-25-4-6-26(7-5-25)15-10-22-14(9-23-15)16(27)24-13-3-2-11(18)8-12(13)17(19,20)21/h2-3,8-10H,4-7H2,1H3,(H,24,27). The smallest absolute Gasteiger partial charge is 0.353 e. The number of piperazine rings is 1. The first kappa shape index (κ1) is 19.4. The number of anilines is 2. The molecule has 1 saturated heterocycles. The molecular formula is C17H17ClF3N5O. The van der Waals surface area contributed by atoms with Gasteiger partial charge in [0.25, 0.3) is 5.91 Å². The third-order valence-corrected chi connectivity index (χ3v) is 4.47. The van der Waals surface area contributed by atoms with Gasteiger partial charge >= 0.3 is 6.18 Å². The number of carbonyl (C=O) groups is 1. The number of hydrogen-bond donors (Lipinski definition) is 1. The minimum Gasteiger partial charge on any atom is -0.353 e. The molecular weight excluding hydrogens is 383 g/mol. The largest absolute Gasteiger partial charge is 0.418 e. The van der Waals surface area contributed by atoms with E-state index >= 15 is 0 Å². The van der Waals surface area contributed by atoms with E-state index in [1.54, 1.807) is 0 Å². The lowest BCUT2D eigenvalue weighted by Crippen LogP contribution is -2.44. The molecule has 1 N–H and O–H groups in total. The maximum atomic E-state index is 13.1. The van der Waals surface area contributed by atoms with Crippen LogP contribution in [0.3, 0.4) is 0 Å². The number of nitrogens with zero attached hydrogens (tertiary/aromatic N) is 4. The highest BCUT2D eigenvalue weighted by atomic mass is 35.5. The Kier molecular flexibility index (Phi) is 5.52. The summed E-state index contributed by atoms with van der Waals surface area (Å²) >= 11 is 5.63. The molecule has 0 radical (unpaired) electrons. The average Bonchev–Trinajstić information content (AvgIpc) is 2.63. The van der Waals surface area contributed by atoms with E-state index in [2.05, 4.69) is 20.2 Å². The zero-order chi connectivity index (χ0) is 19.6. The van der Waals surface area contributed by atoms with Crippen LogP contribution in [0, 0.1) is 0 Å². The summed E-state index contributed by atoms with van der Waals surface area (Å²) in [4.78, 5) is 24.8. The molecule has 27 heavy (non-hydrogen) atoms. The van der Waals surface area contributed by atoms with Crippen LogP contribution in [0.2, 0.25) is 5.02 Å². The summed E-state index contributed by atoms with van der Waals surface area (Å²) < 4.78 is 39.4. The monoisotopic (exact) mass is 399 g/mol. The van der Waals surface area contributed by atoms with Crippen molar-refractivity contribution < 1.29 is 18.0 Å². The van der Waals surface area contributed by atoms with Crippen LogP contribution in [-0.4, -0.2) is 54.0 Å². The van der Waals surface area contributed by atoms with Crippen molar-refractivity contribution in [1.29, 1.82) is 0 Å². The minimum atomic E-state index is -4.65. The zero-order valence-corrected chi connectivity index (χ0v) is 15.2. The van der Waals surface area contributed by atoms with E-state index in [1.165, 1.54) is 18.5 Å². The van der Waals surface area contributed by atoms with Crippen LogP contribution in [0.15, 0.2) is 30.6 Å². The number of hydrogen-bond acceptors (Lipinski definition) is 5. The Morgan fingerprint density at radius 2 is 1.85 bits per heavy atom. The zero-order valence-electron chi connectivity index (χ0n) is 14.4. The summed E-state index contributed by atoms with van der Waals surface area (Å²) in [5, 5.41) is 2.15. The van der Waals surface area contributed by atoms with Gasteiger partial charge in [-0.05, 0) is 25.2 Å². The topological polar surface area (TPSA) is 61.4 Å². The van der Waals surface area contributed by atoms with Crippen LogP contribution in [0.5, 0.6) is 0 Å². The molecule has 10 heteroatoms. The van der Waals surface area contributed by atoms with E-state index in [-0.39, 0.29) is 16.4 Å². The molecule has 6 nitrogen and oxygen atoms in total. The van der Waals surface area contributed by atoms with E-state index in [0.29, 0.717) is 5.82 Å². The van der Waals surface area contributed by atoms with Crippen LogP contribution in [-0.2, 0) is 6.18 Å². The van der Waals surface area contributed by atoms with Crippen molar-refractivity contribution >= 4 is 29.0 Å². The van der Waals surface area contributed by atoms with Gasteiger partial charge in [-0.15, -0.1) is 0 Å². The molecule has 0 spiro atoms. The number of carbonyl (C=O) groups excluding carboxylic acids is 1. The van der Waals surface area contributed by atoms with Gasteiger partial charge in [-0.2, -0.15) is 13.2 Å². The van der Waals surface area contributed by atoms with Gasteiger partial charge in [-0.3, -0.25) is 4.79 Å². The first-order valence-corrected chi connectivity index (χ1v) is 8.55. The van der Waals surface area contributed by atoms with Gasteiger partial charge in [-0.1, -0.05) is 11.6 Å². The van der Waals surface area contributed by atoms with Crippen LogP contribution < -0.4 is 10.2 Å². The highest BCUT2D eigenvalue weighted by Gasteiger charge is 2.34. The predicted octanol–water partition coefficient (Wildman–Crippen LogP) is 3.15. The third-order valence-electron chi connectivity index (χ3n) is 4.23.